The number of aromatic nitrogens is 1. The fraction of sp³-hybridized carbons (Fsp3) is 0.389. The van der Waals surface area contributed by atoms with Crippen molar-refractivity contribution in [1.29, 1.82) is 0 Å². The maximum Gasteiger partial charge on any atom is 0.273 e. The third-order valence-electron chi connectivity index (χ3n) is 4.59. The summed E-state index contributed by atoms with van der Waals surface area (Å²) in [6.45, 7) is 1.93. The van der Waals surface area contributed by atoms with Crippen molar-refractivity contribution in [3.05, 3.63) is 46.7 Å². The van der Waals surface area contributed by atoms with Gasteiger partial charge in [-0.1, -0.05) is 6.07 Å². The van der Waals surface area contributed by atoms with E-state index in [1.807, 2.05) is 0 Å². The Morgan fingerprint density at radius 2 is 2.08 bits per heavy atom. The number of amides is 2. The maximum atomic E-state index is 13.2. The minimum Gasteiger partial charge on any atom is -0.337 e. The molecular formula is C18H21FN4O2S. The molecule has 2 amide bonds. The zero-order chi connectivity index (χ0) is 18.7. The number of carbonyl (C=O) groups is 2. The number of hydrogen-bond acceptors (Lipinski definition) is 5. The van der Waals surface area contributed by atoms with Crippen LogP contribution in [0.4, 0.5) is 9.52 Å². The molecule has 0 atom stereocenters. The SMILES string of the molecule is CN1CCC(N(C)C(=O)c2csc(NC(=O)c3cccc(F)c3)n2)CC1. The Labute approximate surface area is 155 Å². The largest absolute Gasteiger partial charge is 0.337 e. The number of nitrogens with one attached hydrogen (secondary N) is 1. The predicted octanol–water partition coefficient (Wildman–Crippen LogP) is 2.70. The zero-order valence-electron chi connectivity index (χ0n) is 14.7. The van der Waals surface area contributed by atoms with E-state index < -0.39 is 11.7 Å². The highest BCUT2D eigenvalue weighted by Crippen LogP contribution is 2.21. The molecule has 0 unspecified atom stereocenters. The summed E-state index contributed by atoms with van der Waals surface area (Å²) >= 11 is 1.18. The van der Waals surface area contributed by atoms with E-state index in [0.29, 0.717) is 10.8 Å². The first kappa shape index (κ1) is 18.5. The highest BCUT2D eigenvalue weighted by atomic mass is 32.1. The number of piperidine rings is 1. The Kier molecular flexibility index (Phi) is 5.63. The lowest BCUT2D eigenvalue weighted by atomic mass is 10.0. The smallest absolute Gasteiger partial charge is 0.273 e. The van der Waals surface area contributed by atoms with Gasteiger partial charge in [0.2, 0.25) is 0 Å². The van der Waals surface area contributed by atoms with Crippen LogP contribution in [0.1, 0.15) is 33.7 Å². The van der Waals surface area contributed by atoms with Crippen molar-refractivity contribution in [2.75, 3.05) is 32.5 Å². The molecule has 0 radical (unpaired) electrons. The molecular weight excluding hydrogens is 355 g/mol. The van der Waals surface area contributed by atoms with Gasteiger partial charge in [0.05, 0.1) is 0 Å². The molecule has 1 N–H and O–H groups in total. The molecule has 0 aliphatic carbocycles. The second-order valence-electron chi connectivity index (χ2n) is 6.45. The Morgan fingerprint density at radius 1 is 1.35 bits per heavy atom. The van der Waals surface area contributed by atoms with E-state index in [9.17, 15) is 14.0 Å². The first-order valence-corrected chi connectivity index (χ1v) is 9.30. The summed E-state index contributed by atoms with van der Waals surface area (Å²) in [7, 11) is 3.87. The van der Waals surface area contributed by atoms with Gasteiger partial charge in [0.15, 0.2) is 5.13 Å². The Morgan fingerprint density at radius 3 is 2.77 bits per heavy atom. The van der Waals surface area contributed by atoms with Gasteiger partial charge in [-0.05, 0) is 51.2 Å². The Bertz CT molecular complexity index is 802. The summed E-state index contributed by atoms with van der Waals surface area (Å²) < 4.78 is 13.2. The minimum atomic E-state index is -0.479. The molecule has 1 aromatic carbocycles. The van der Waals surface area contributed by atoms with E-state index >= 15 is 0 Å². The average molecular weight is 376 g/mol. The fourth-order valence-corrected chi connectivity index (χ4v) is 3.64. The highest BCUT2D eigenvalue weighted by molar-refractivity contribution is 7.14. The van der Waals surface area contributed by atoms with Crippen LogP contribution in [-0.2, 0) is 0 Å². The summed E-state index contributed by atoms with van der Waals surface area (Å²) in [6.07, 6.45) is 1.87. The summed E-state index contributed by atoms with van der Waals surface area (Å²) in [5, 5.41) is 4.56. The molecule has 0 saturated carbocycles. The van der Waals surface area contributed by atoms with E-state index in [-0.39, 0.29) is 17.5 Å². The summed E-state index contributed by atoms with van der Waals surface area (Å²) in [6, 6.07) is 5.62. The van der Waals surface area contributed by atoms with Crippen molar-refractivity contribution in [2.24, 2.45) is 0 Å². The Hall–Kier alpha value is -2.32. The van der Waals surface area contributed by atoms with E-state index in [0.717, 1.165) is 32.0 Å². The molecule has 1 aliphatic rings. The number of rotatable bonds is 4. The molecule has 6 nitrogen and oxygen atoms in total. The third kappa shape index (κ3) is 4.25. The van der Waals surface area contributed by atoms with Crippen LogP contribution in [0.25, 0.3) is 0 Å². The molecule has 2 aromatic rings. The van der Waals surface area contributed by atoms with Gasteiger partial charge in [-0.25, -0.2) is 9.37 Å². The van der Waals surface area contributed by atoms with Crippen LogP contribution in [0.3, 0.4) is 0 Å². The van der Waals surface area contributed by atoms with Crippen molar-refractivity contribution in [3.8, 4) is 0 Å². The van der Waals surface area contributed by atoms with Gasteiger partial charge >= 0.3 is 0 Å². The van der Waals surface area contributed by atoms with E-state index in [1.165, 1.54) is 29.5 Å². The number of thiazole rings is 1. The molecule has 26 heavy (non-hydrogen) atoms. The number of benzene rings is 1. The molecule has 8 heteroatoms. The van der Waals surface area contributed by atoms with Crippen LogP contribution in [-0.4, -0.2) is 59.8 Å². The quantitative estimate of drug-likeness (QED) is 0.891. The summed E-state index contributed by atoms with van der Waals surface area (Å²) in [4.78, 5) is 33.0. The second-order valence-corrected chi connectivity index (χ2v) is 7.31. The van der Waals surface area contributed by atoms with Crippen molar-refractivity contribution in [3.63, 3.8) is 0 Å². The first-order chi connectivity index (χ1) is 12.4. The minimum absolute atomic E-state index is 0.151. The van der Waals surface area contributed by atoms with Crippen LogP contribution >= 0.6 is 11.3 Å². The van der Waals surface area contributed by atoms with Gasteiger partial charge in [0.25, 0.3) is 11.8 Å². The monoisotopic (exact) mass is 376 g/mol. The molecule has 138 valence electrons. The van der Waals surface area contributed by atoms with Crippen LogP contribution in [0.2, 0.25) is 0 Å². The van der Waals surface area contributed by atoms with Gasteiger partial charge in [-0.2, -0.15) is 0 Å². The van der Waals surface area contributed by atoms with Crippen LogP contribution < -0.4 is 5.32 Å². The van der Waals surface area contributed by atoms with Gasteiger partial charge in [0.1, 0.15) is 11.5 Å². The number of likely N-dealkylation sites (tertiary alicyclic amines) is 1. The maximum absolute atomic E-state index is 13.2. The zero-order valence-corrected chi connectivity index (χ0v) is 15.6. The summed E-state index contributed by atoms with van der Waals surface area (Å²) in [5.41, 5.74) is 0.516. The molecule has 1 fully saturated rings. The van der Waals surface area contributed by atoms with Gasteiger partial charge in [-0.15, -0.1) is 11.3 Å². The number of carbonyl (C=O) groups excluding carboxylic acids is 2. The number of nitrogens with zero attached hydrogens (tertiary/aromatic N) is 3. The van der Waals surface area contributed by atoms with Crippen molar-refractivity contribution in [2.45, 2.75) is 18.9 Å². The van der Waals surface area contributed by atoms with Gasteiger partial charge in [-0.3, -0.25) is 14.9 Å². The van der Waals surface area contributed by atoms with E-state index in [4.69, 9.17) is 0 Å². The lowest BCUT2D eigenvalue weighted by Crippen LogP contribution is -2.44. The molecule has 1 aromatic heterocycles. The second kappa shape index (κ2) is 7.92. The van der Waals surface area contributed by atoms with E-state index in [1.54, 1.807) is 17.3 Å². The van der Waals surface area contributed by atoms with Crippen molar-refractivity contribution < 1.29 is 14.0 Å². The molecule has 2 heterocycles. The van der Waals surface area contributed by atoms with Crippen LogP contribution in [0.15, 0.2) is 29.6 Å². The van der Waals surface area contributed by atoms with Gasteiger partial charge in [0, 0.05) is 24.0 Å². The topological polar surface area (TPSA) is 65.5 Å². The molecule has 1 saturated heterocycles. The number of halogens is 1. The lowest BCUT2D eigenvalue weighted by molar-refractivity contribution is 0.0654. The van der Waals surface area contributed by atoms with Crippen LogP contribution in [0.5, 0.6) is 0 Å². The normalized spacial score (nSPS) is 15.7. The molecule has 3 rings (SSSR count). The lowest BCUT2D eigenvalue weighted by Gasteiger charge is -2.34. The van der Waals surface area contributed by atoms with E-state index in [2.05, 4.69) is 22.2 Å². The van der Waals surface area contributed by atoms with Crippen molar-refractivity contribution >= 4 is 28.3 Å². The van der Waals surface area contributed by atoms with Crippen molar-refractivity contribution in [1.82, 2.24) is 14.8 Å². The third-order valence-corrected chi connectivity index (χ3v) is 5.34. The molecule has 0 bridgehead atoms. The first-order valence-electron chi connectivity index (χ1n) is 8.42. The number of anilines is 1. The highest BCUT2D eigenvalue weighted by Gasteiger charge is 2.26. The standard InChI is InChI=1S/C18H21FN4O2S/c1-22-8-6-14(7-9-22)23(2)17(25)15-11-26-18(20-15)21-16(24)12-4-3-5-13(19)10-12/h3-5,10-11,14H,6-9H2,1-2H3,(H,20,21,24). The number of hydrogen-bond donors (Lipinski definition) is 1. The predicted molar refractivity (Wildman–Crippen MR) is 99.1 cm³/mol. The van der Waals surface area contributed by atoms with Crippen LogP contribution in [0, 0.1) is 5.82 Å². The molecule has 0 spiro atoms. The fourth-order valence-electron chi connectivity index (χ4n) is 2.96. The molecule has 1 aliphatic heterocycles. The Balaban J connectivity index is 1.63. The summed E-state index contributed by atoms with van der Waals surface area (Å²) in [5.74, 6) is -1.09. The van der Waals surface area contributed by atoms with Gasteiger partial charge < -0.3 is 9.80 Å². The average Bonchev–Trinajstić information content (AvgIpc) is 3.09.